The molecule has 1 saturated heterocycles. The summed E-state index contributed by atoms with van der Waals surface area (Å²) in [5, 5.41) is 8.76. The van der Waals surface area contributed by atoms with E-state index < -0.39 is 0 Å². The molecular formula is C17H24N2O2. The molecule has 0 spiro atoms. The monoisotopic (exact) mass is 288 g/mol. The molecule has 1 aliphatic rings. The Morgan fingerprint density at radius 3 is 2.24 bits per heavy atom. The zero-order valence-corrected chi connectivity index (χ0v) is 13.3. The zero-order chi connectivity index (χ0) is 15.5. The minimum absolute atomic E-state index is 0.129. The van der Waals surface area contributed by atoms with Crippen LogP contribution in [0.25, 0.3) is 0 Å². The van der Waals surface area contributed by atoms with Gasteiger partial charge in [-0.05, 0) is 52.0 Å². The second kappa shape index (κ2) is 6.05. The molecule has 0 amide bonds. The van der Waals surface area contributed by atoms with Crippen molar-refractivity contribution in [3.63, 3.8) is 0 Å². The first kappa shape index (κ1) is 15.8. The van der Waals surface area contributed by atoms with Gasteiger partial charge in [0.15, 0.2) is 0 Å². The summed E-state index contributed by atoms with van der Waals surface area (Å²) in [7, 11) is 0. The van der Waals surface area contributed by atoms with Crippen LogP contribution < -0.4 is 4.74 Å². The first-order valence-electron chi connectivity index (χ1n) is 7.35. The number of rotatable bonds is 4. The van der Waals surface area contributed by atoms with Crippen LogP contribution in [-0.4, -0.2) is 42.3 Å². The van der Waals surface area contributed by atoms with Crippen molar-refractivity contribution in [3.8, 4) is 11.8 Å². The van der Waals surface area contributed by atoms with Gasteiger partial charge in [-0.15, -0.1) is 0 Å². The van der Waals surface area contributed by atoms with Gasteiger partial charge in [-0.2, -0.15) is 5.26 Å². The van der Waals surface area contributed by atoms with Gasteiger partial charge >= 0.3 is 0 Å². The van der Waals surface area contributed by atoms with Crippen molar-refractivity contribution in [1.82, 2.24) is 4.90 Å². The highest BCUT2D eigenvalue weighted by molar-refractivity contribution is 5.34. The number of ether oxygens (including phenoxy) is 2. The molecule has 0 aliphatic carbocycles. The van der Waals surface area contributed by atoms with Crippen molar-refractivity contribution in [2.75, 3.05) is 26.2 Å². The van der Waals surface area contributed by atoms with E-state index in [1.165, 1.54) is 0 Å². The SMILES string of the molecule is CC1(C)CN(CCOc2ccc(C#N)cc2)CC(C)(C)O1. The maximum absolute atomic E-state index is 8.76. The summed E-state index contributed by atoms with van der Waals surface area (Å²) >= 11 is 0. The molecule has 0 radical (unpaired) electrons. The summed E-state index contributed by atoms with van der Waals surface area (Å²) in [5.41, 5.74) is 0.394. The molecule has 21 heavy (non-hydrogen) atoms. The zero-order valence-electron chi connectivity index (χ0n) is 13.3. The fourth-order valence-electron chi connectivity index (χ4n) is 3.02. The molecule has 0 N–H and O–H groups in total. The second-order valence-electron chi connectivity index (χ2n) is 6.82. The molecule has 1 aliphatic heterocycles. The predicted octanol–water partition coefficient (Wildman–Crippen LogP) is 2.83. The molecule has 1 fully saturated rings. The lowest BCUT2D eigenvalue weighted by molar-refractivity contribution is -0.181. The van der Waals surface area contributed by atoms with E-state index in [1.54, 1.807) is 12.1 Å². The molecule has 2 rings (SSSR count). The fourth-order valence-corrected chi connectivity index (χ4v) is 3.02. The summed E-state index contributed by atoms with van der Waals surface area (Å²) in [4.78, 5) is 2.38. The topological polar surface area (TPSA) is 45.5 Å². The minimum atomic E-state index is -0.129. The Labute approximate surface area is 127 Å². The minimum Gasteiger partial charge on any atom is -0.492 e. The summed E-state index contributed by atoms with van der Waals surface area (Å²) in [5.74, 6) is 0.806. The number of benzene rings is 1. The fraction of sp³-hybridized carbons (Fsp3) is 0.588. The van der Waals surface area contributed by atoms with Crippen molar-refractivity contribution in [2.24, 2.45) is 0 Å². The standard InChI is InChI=1S/C17H24N2O2/c1-16(2)12-19(13-17(3,4)21-16)9-10-20-15-7-5-14(11-18)6-8-15/h5-8H,9-10,12-13H2,1-4H3. The van der Waals surface area contributed by atoms with Gasteiger partial charge in [-0.3, -0.25) is 4.90 Å². The largest absolute Gasteiger partial charge is 0.492 e. The molecule has 0 aromatic heterocycles. The van der Waals surface area contributed by atoms with Gasteiger partial charge in [-0.1, -0.05) is 0 Å². The van der Waals surface area contributed by atoms with Gasteiger partial charge in [0.2, 0.25) is 0 Å². The average molecular weight is 288 g/mol. The third-order valence-corrected chi connectivity index (χ3v) is 3.42. The maximum Gasteiger partial charge on any atom is 0.119 e. The number of morpholine rings is 1. The Balaban J connectivity index is 1.84. The molecule has 0 atom stereocenters. The Bertz CT molecular complexity index is 499. The van der Waals surface area contributed by atoms with Crippen LogP contribution in [-0.2, 0) is 4.74 Å². The maximum atomic E-state index is 8.76. The lowest BCUT2D eigenvalue weighted by Crippen LogP contribution is -2.57. The molecular weight excluding hydrogens is 264 g/mol. The van der Waals surface area contributed by atoms with Crippen molar-refractivity contribution in [1.29, 1.82) is 5.26 Å². The van der Waals surface area contributed by atoms with Crippen LogP contribution in [0.5, 0.6) is 5.75 Å². The third-order valence-electron chi connectivity index (χ3n) is 3.42. The van der Waals surface area contributed by atoms with E-state index in [-0.39, 0.29) is 11.2 Å². The predicted molar refractivity (Wildman–Crippen MR) is 82.3 cm³/mol. The molecule has 1 heterocycles. The van der Waals surface area contributed by atoms with E-state index >= 15 is 0 Å². The van der Waals surface area contributed by atoms with E-state index in [1.807, 2.05) is 12.1 Å². The van der Waals surface area contributed by atoms with Crippen LogP contribution in [0, 0.1) is 11.3 Å². The smallest absolute Gasteiger partial charge is 0.119 e. The van der Waals surface area contributed by atoms with Crippen LogP contribution in [0.1, 0.15) is 33.3 Å². The Kier molecular flexibility index (Phi) is 4.55. The van der Waals surface area contributed by atoms with Crippen LogP contribution >= 0.6 is 0 Å². The normalized spacial score (nSPS) is 20.7. The summed E-state index contributed by atoms with van der Waals surface area (Å²) in [6.45, 7) is 11.8. The highest BCUT2D eigenvalue weighted by Crippen LogP contribution is 2.27. The number of nitrogens with zero attached hydrogens (tertiary/aromatic N) is 2. The molecule has 4 heteroatoms. The Hall–Kier alpha value is -1.57. The summed E-state index contributed by atoms with van der Waals surface area (Å²) < 4.78 is 11.8. The van der Waals surface area contributed by atoms with Crippen LogP contribution in [0.15, 0.2) is 24.3 Å². The molecule has 114 valence electrons. The lowest BCUT2D eigenvalue weighted by Gasteiger charge is -2.47. The van der Waals surface area contributed by atoms with Crippen LogP contribution in [0.3, 0.4) is 0 Å². The van der Waals surface area contributed by atoms with Crippen LogP contribution in [0.4, 0.5) is 0 Å². The summed E-state index contributed by atoms with van der Waals surface area (Å²) in [6.07, 6.45) is 0. The average Bonchev–Trinajstić information content (AvgIpc) is 2.36. The molecule has 0 unspecified atom stereocenters. The Morgan fingerprint density at radius 1 is 1.14 bits per heavy atom. The molecule has 0 saturated carbocycles. The lowest BCUT2D eigenvalue weighted by atomic mass is 9.99. The van der Waals surface area contributed by atoms with Crippen molar-refractivity contribution >= 4 is 0 Å². The van der Waals surface area contributed by atoms with Gasteiger partial charge < -0.3 is 9.47 Å². The quantitative estimate of drug-likeness (QED) is 0.854. The number of hydrogen-bond acceptors (Lipinski definition) is 4. The van der Waals surface area contributed by atoms with E-state index in [4.69, 9.17) is 14.7 Å². The van der Waals surface area contributed by atoms with Gasteiger partial charge in [0, 0.05) is 19.6 Å². The van der Waals surface area contributed by atoms with Crippen LogP contribution in [0.2, 0.25) is 0 Å². The first-order chi connectivity index (χ1) is 9.80. The summed E-state index contributed by atoms with van der Waals surface area (Å²) in [6, 6.07) is 9.33. The Morgan fingerprint density at radius 2 is 1.71 bits per heavy atom. The molecule has 1 aromatic carbocycles. The van der Waals surface area contributed by atoms with E-state index in [0.717, 1.165) is 25.4 Å². The highest BCUT2D eigenvalue weighted by Gasteiger charge is 2.37. The molecule has 4 nitrogen and oxygen atoms in total. The molecule has 1 aromatic rings. The third kappa shape index (κ3) is 4.73. The van der Waals surface area contributed by atoms with E-state index in [9.17, 15) is 0 Å². The van der Waals surface area contributed by atoms with E-state index in [0.29, 0.717) is 12.2 Å². The number of hydrogen-bond donors (Lipinski definition) is 0. The van der Waals surface area contributed by atoms with Crippen molar-refractivity contribution in [3.05, 3.63) is 29.8 Å². The van der Waals surface area contributed by atoms with Gasteiger partial charge in [0.05, 0.1) is 22.8 Å². The number of nitriles is 1. The highest BCUT2D eigenvalue weighted by atomic mass is 16.5. The van der Waals surface area contributed by atoms with Crippen molar-refractivity contribution < 1.29 is 9.47 Å². The molecule has 0 bridgehead atoms. The van der Waals surface area contributed by atoms with Crippen molar-refractivity contribution in [2.45, 2.75) is 38.9 Å². The van der Waals surface area contributed by atoms with Gasteiger partial charge in [0.25, 0.3) is 0 Å². The van der Waals surface area contributed by atoms with Gasteiger partial charge in [0.1, 0.15) is 12.4 Å². The van der Waals surface area contributed by atoms with Gasteiger partial charge in [-0.25, -0.2) is 0 Å². The van der Waals surface area contributed by atoms with E-state index in [2.05, 4.69) is 38.7 Å². The first-order valence-corrected chi connectivity index (χ1v) is 7.35. The second-order valence-corrected chi connectivity index (χ2v) is 6.82.